The van der Waals surface area contributed by atoms with Crippen LogP contribution in [0.15, 0.2) is 42.5 Å². The molecule has 0 bridgehead atoms. The minimum atomic E-state index is 0. The fraction of sp³-hybridized carbons (Fsp3) is 0.0625. The van der Waals surface area contributed by atoms with Gasteiger partial charge in [0.2, 0.25) is 0 Å². The van der Waals surface area contributed by atoms with Gasteiger partial charge in [-0.05, 0) is 42.5 Å². The summed E-state index contributed by atoms with van der Waals surface area (Å²) in [7, 11) is 2.05. The molecule has 0 fully saturated rings. The molecule has 0 saturated carbocycles. The molecule has 0 atom stereocenters. The summed E-state index contributed by atoms with van der Waals surface area (Å²) in [6, 6.07) is 13.8. The number of pyridine rings is 1. The van der Waals surface area contributed by atoms with Gasteiger partial charge >= 0.3 is 0 Å². The van der Waals surface area contributed by atoms with Crippen molar-refractivity contribution >= 4 is 69.0 Å². The summed E-state index contributed by atoms with van der Waals surface area (Å²) in [6.07, 6.45) is 0. The first kappa shape index (κ1) is 14.9. The lowest BCUT2D eigenvalue weighted by atomic mass is 10.1. The molecular formula is C16H11Cl2IN2. The number of nitrogens with zero attached hydrogens (tertiary/aromatic N) is 2. The summed E-state index contributed by atoms with van der Waals surface area (Å²) in [5, 5.41) is 3.64. The van der Waals surface area contributed by atoms with Crippen molar-refractivity contribution in [2.75, 3.05) is 0 Å². The molecule has 0 aromatic heterocycles. The van der Waals surface area contributed by atoms with Gasteiger partial charge in [0.25, 0.3) is 0 Å². The average Bonchev–Trinajstić information content (AvgIpc) is 2.75. The van der Waals surface area contributed by atoms with Gasteiger partial charge in [-0.1, -0.05) is 23.2 Å². The molecule has 2 aliphatic rings. The maximum atomic E-state index is 6.07. The van der Waals surface area contributed by atoms with Crippen LogP contribution in [0.5, 0.6) is 0 Å². The summed E-state index contributed by atoms with van der Waals surface area (Å²) < 4.78 is 2.16. The van der Waals surface area contributed by atoms with Crippen LogP contribution in [0.3, 0.4) is 0 Å². The van der Waals surface area contributed by atoms with E-state index in [2.05, 4.69) is 15.6 Å². The molecule has 0 N–H and O–H groups in total. The molecule has 106 valence electrons. The molecule has 0 saturated heterocycles. The van der Waals surface area contributed by atoms with E-state index >= 15 is 0 Å². The maximum absolute atomic E-state index is 6.07. The predicted octanol–water partition coefficient (Wildman–Crippen LogP) is 5.76. The first-order valence-electron chi connectivity index (χ1n) is 6.27. The van der Waals surface area contributed by atoms with Crippen LogP contribution in [0, 0.1) is 0 Å². The van der Waals surface area contributed by atoms with Crippen LogP contribution in [-0.2, 0) is 7.05 Å². The second kappa shape index (κ2) is 5.30. The standard InChI is InChI=1S/C16H10Cl2N2.HI/c1-20-15-5-3-10(17)6-9(15)7-14-16(20)12-4-2-11(18)8-13(12)19-14;/h2-8H,1H3;1H. The highest BCUT2D eigenvalue weighted by atomic mass is 127. The minimum absolute atomic E-state index is 0. The van der Waals surface area contributed by atoms with Crippen LogP contribution >= 0.6 is 47.2 Å². The molecule has 0 unspecified atom stereocenters. The summed E-state index contributed by atoms with van der Waals surface area (Å²) in [6.45, 7) is 0. The third-order valence-corrected chi connectivity index (χ3v) is 4.15. The van der Waals surface area contributed by atoms with Gasteiger partial charge in [-0.3, -0.25) is 0 Å². The second-order valence-electron chi connectivity index (χ2n) is 4.91. The number of hydrogen-bond donors (Lipinski definition) is 0. The predicted molar refractivity (Wildman–Crippen MR) is 100 cm³/mol. The quantitative estimate of drug-likeness (QED) is 0.326. The minimum Gasteiger partial charge on any atom is -0.342 e. The van der Waals surface area contributed by atoms with E-state index in [1.54, 1.807) is 0 Å². The summed E-state index contributed by atoms with van der Waals surface area (Å²) in [5.74, 6) is 0. The molecule has 21 heavy (non-hydrogen) atoms. The third kappa shape index (κ3) is 2.28. The monoisotopic (exact) mass is 428 g/mol. The highest BCUT2D eigenvalue weighted by Gasteiger charge is 2.16. The van der Waals surface area contributed by atoms with E-state index < -0.39 is 0 Å². The molecule has 0 radical (unpaired) electrons. The van der Waals surface area contributed by atoms with Crippen LogP contribution in [0.25, 0.3) is 33.2 Å². The number of fused-ring (bicyclic) bond motifs is 4. The molecule has 2 nitrogen and oxygen atoms in total. The van der Waals surface area contributed by atoms with Crippen LogP contribution in [-0.4, -0.2) is 9.55 Å². The lowest BCUT2D eigenvalue weighted by Crippen LogP contribution is -1.98. The molecule has 2 heterocycles. The van der Waals surface area contributed by atoms with E-state index in [-0.39, 0.29) is 24.0 Å². The maximum Gasteiger partial charge on any atom is 0.0887 e. The molecule has 0 aliphatic carbocycles. The van der Waals surface area contributed by atoms with Gasteiger partial charge in [-0.2, -0.15) is 0 Å². The Kier molecular flexibility index (Phi) is 3.76. The molecular weight excluding hydrogens is 418 g/mol. The van der Waals surface area contributed by atoms with Crippen molar-refractivity contribution < 1.29 is 0 Å². The lowest BCUT2D eigenvalue weighted by molar-refractivity contribution is 0.967. The highest BCUT2D eigenvalue weighted by molar-refractivity contribution is 14.0. The Labute approximate surface area is 149 Å². The van der Waals surface area contributed by atoms with Crippen molar-refractivity contribution in [1.82, 2.24) is 9.55 Å². The number of rotatable bonds is 0. The number of halogens is 3. The van der Waals surface area contributed by atoms with E-state index in [0.29, 0.717) is 5.02 Å². The topological polar surface area (TPSA) is 17.8 Å². The smallest absolute Gasteiger partial charge is 0.0887 e. The van der Waals surface area contributed by atoms with Crippen molar-refractivity contribution in [2.45, 2.75) is 0 Å². The summed E-state index contributed by atoms with van der Waals surface area (Å²) in [5.41, 5.74) is 4.13. The third-order valence-electron chi connectivity index (χ3n) is 3.68. The molecule has 2 aromatic carbocycles. The number of aryl methyl sites for hydroxylation is 1. The van der Waals surface area contributed by atoms with E-state index in [4.69, 9.17) is 23.2 Å². The summed E-state index contributed by atoms with van der Waals surface area (Å²) >= 11 is 12.1. The van der Waals surface area contributed by atoms with Crippen molar-refractivity contribution in [3.8, 4) is 11.4 Å². The van der Waals surface area contributed by atoms with Crippen LogP contribution in [0.4, 0.5) is 0 Å². The number of aromatic nitrogens is 2. The normalized spacial score (nSPS) is 11.2. The Hall–Kier alpha value is -1.04. The van der Waals surface area contributed by atoms with Crippen molar-refractivity contribution in [3.05, 3.63) is 52.5 Å². The second-order valence-corrected chi connectivity index (χ2v) is 5.79. The van der Waals surface area contributed by atoms with E-state index in [9.17, 15) is 0 Å². The molecule has 2 aromatic rings. The summed E-state index contributed by atoms with van der Waals surface area (Å²) in [4.78, 5) is 4.67. The average molecular weight is 429 g/mol. The molecule has 0 amide bonds. The zero-order chi connectivity index (χ0) is 13.9. The van der Waals surface area contributed by atoms with Crippen LogP contribution in [0.2, 0.25) is 10.0 Å². The lowest BCUT2D eigenvalue weighted by Gasteiger charge is -2.12. The van der Waals surface area contributed by atoms with E-state index in [0.717, 1.165) is 38.2 Å². The Morgan fingerprint density at radius 2 is 1.67 bits per heavy atom. The van der Waals surface area contributed by atoms with Gasteiger partial charge < -0.3 is 4.57 Å². The van der Waals surface area contributed by atoms with Gasteiger partial charge in [0.05, 0.1) is 16.9 Å². The Morgan fingerprint density at radius 3 is 2.48 bits per heavy atom. The molecule has 4 rings (SSSR count). The van der Waals surface area contributed by atoms with Crippen molar-refractivity contribution in [2.24, 2.45) is 7.05 Å². The van der Waals surface area contributed by atoms with Crippen molar-refractivity contribution in [1.29, 1.82) is 0 Å². The van der Waals surface area contributed by atoms with Gasteiger partial charge in [-0.25, -0.2) is 4.98 Å². The van der Waals surface area contributed by atoms with Gasteiger partial charge in [0, 0.05) is 33.4 Å². The first-order chi connectivity index (χ1) is 9.63. The Morgan fingerprint density at radius 1 is 0.952 bits per heavy atom. The highest BCUT2D eigenvalue weighted by Crippen LogP contribution is 2.35. The zero-order valence-electron chi connectivity index (χ0n) is 11.1. The SMILES string of the molecule is Cn1c2c3ccc(Cl)cc3nc-2cc2cc(Cl)ccc21.I. The van der Waals surface area contributed by atoms with Crippen molar-refractivity contribution in [3.63, 3.8) is 0 Å². The zero-order valence-corrected chi connectivity index (χ0v) is 14.9. The number of benzene rings is 2. The molecule has 5 heteroatoms. The number of hydrogen-bond acceptors (Lipinski definition) is 1. The van der Waals surface area contributed by atoms with Crippen LogP contribution in [0.1, 0.15) is 0 Å². The van der Waals surface area contributed by atoms with E-state index in [1.807, 2.05) is 43.4 Å². The fourth-order valence-electron chi connectivity index (χ4n) is 2.79. The van der Waals surface area contributed by atoms with Gasteiger partial charge in [0.1, 0.15) is 0 Å². The first-order valence-corrected chi connectivity index (χ1v) is 7.03. The van der Waals surface area contributed by atoms with Crippen LogP contribution < -0.4 is 0 Å². The van der Waals surface area contributed by atoms with Gasteiger partial charge in [0.15, 0.2) is 0 Å². The molecule has 2 aliphatic heterocycles. The fourth-order valence-corrected chi connectivity index (χ4v) is 3.13. The largest absolute Gasteiger partial charge is 0.342 e. The molecule has 0 spiro atoms. The van der Waals surface area contributed by atoms with Gasteiger partial charge in [-0.15, -0.1) is 24.0 Å². The Balaban J connectivity index is 0.00000132. The Bertz CT molecular complexity index is 946. The van der Waals surface area contributed by atoms with E-state index in [1.165, 1.54) is 0 Å².